The van der Waals surface area contributed by atoms with E-state index in [4.69, 9.17) is 0 Å². The van der Waals surface area contributed by atoms with Crippen LogP contribution in [0.2, 0.25) is 0 Å². The third kappa shape index (κ3) is 3.73. The largest absolute Gasteiger partial charge is 0.352 e. The first-order valence-corrected chi connectivity index (χ1v) is 9.03. The van der Waals surface area contributed by atoms with Crippen LogP contribution in [0.15, 0.2) is 61.1 Å². The summed E-state index contributed by atoms with van der Waals surface area (Å²) >= 11 is 0. The third-order valence-corrected chi connectivity index (χ3v) is 4.96. The molecule has 1 amide bonds. The van der Waals surface area contributed by atoms with E-state index in [1.165, 1.54) is 0 Å². The maximum Gasteiger partial charge on any atom is 0.251 e. The molecule has 1 aromatic carbocycles. The monoisotopic (exact) mass is 346 g/mol. The molecule has 0 unspecified atom stereocenters. The number of benzene rings is 1. The molecular formula is C21H22N4O. The number of nitrogens with one attached hydrogen (secondary N) is 1. The molecule has 0 radical (unpaired) electrons. The van der Waals surface area contributed by atoms with Crippen molar-refractivity contribution < 1.29 is 4.79 Å². The van der Waals surface area contributed by atoms with Gasteiger partial charge in [-0.1, -0.05) is 18.2 Å². The van der Waals surface area contributed by atoms with Crippen LogP contribution >= 0.6 is 0 Å². The number of pyridine rings is 2. The maximum absolute atomic E-state index is 12.6. The van der Waals surface area contributed by atoms with Crippen LogP contribution in [0.3, 0.4) is 0 Å². The summed E-state index contributed by atoms with van der Waals surface area (Å²) in [6, 6.07) is 13.7. The molecule has 132 valence electrons. The highest BCUT2D eigenvalue weighted by Crippen LogP contribution is 2.19. The van der Waals surface area contributed by atoms with Gasteiger partial charge in [-0.05, 0) is 48.5 Å². The highest BCUT2D eigenvalue weighted by Gasteiger charge is 2.23. The molecule has 1 aliphatic heterocycles. The Bertz CT molecular complexity index is 891. The maximum atomic E-state index is 12.6. The van der Waals surface area contributed by atoms with Gasteiger partial charge in [-0.15, -0.1) is 0 Å². The minimum atomic E-state index is -0.00928. The van der Waals surface area contributed by atoms with Crippen LogP contribution in [0.25, 0.3) is 10.8 Å². The zero-order valence-electron chi connectivity index (χ0n) is 14.6. The Hall–Kier alpha value is -2.79. The van der Waals surface area contributed by atoms with Gasteiger partial charge in [0.2, 0.25) is 0 Å². The zero-order chi connectivity index (χ0) is 17.8. The van der Waals surface area contributed by atoms with Crippen molar-refractivity contribution in [3.8, 4) is 0 Å². The zero-order valence-corrected chi connectivity index (χ0v) is 14.6. The topological polar surface area (TPSA) is 58.1 Å². The van der Waals surface area contributed by atoms with E-state index in [0.29, 0.717) is 18.0 Å². The molecule has 1 aliphatic rings. The molecule has 1 N–H and O–H groups in total. The summed E-state index contributed by atoms with van der Waals surface area (Å²) in [5.74, 6) is 0.476. The van der Waals surface area contributed by atoms with Crippen LogP contribution in [-0.2, 0) is 6.54 Å². The molecule has 26 heavy (non-hydrogen) atoms. The Kier molecular flexibility index (Phi) is 4.88. The quantitative estimate of drug-likeness (QED) is 0.772. The Morgan fingerprint density at radius 1 is 1.15 bits per heavy atom. The second kappa shape index (κ2) is 7.62. The van der Waals surface area contributed by atoms with Crippen LogP contribution in [0, 0.1) is 5.92 Å². The first-order valence-electron chi connectivity index (χ1n) is 9.03. The van der Waals surface area contributed by atoms with Gasteiger partial charge in [0, 0.05) is 49.2 Å². The van der Waals surface area contributed by atoms with Gasteiger partial charge in [0.25, 0.3) is 5.91 Å². The van der Waals surface area contributed by atoms with E-state index in [0.717, 1.165) is 42.5 Å². The molecule has 0 aliphatic carbocycles. The van der Waals surface area contributed by atoms with Crippen molar-refractivity contribution in [2.24, 2.45) is 5.92 Å². The third-order valence-electron chi connectivity index (χ3n) is 4.96. The smallest absolute Gasteiger partial charge is 0.251 e. The van der Waals surface area contributed by atoms with Gasteiger partial charge in [0.1, 0.15) is 0 Å². The highest BCUT2D eigenvalue weighted by atomic mass is 16.1. The number of fused-ring (bicyclic) bond motifs is 1. The van der Waals surface area contributed by atoms with Gasteiger partial charge in [0.05, 0.1) is 5.69 Å². The number of aromatic nitrogens is 2. The fourth-order valence-corrected chi connectivity index (χ4v) is 3.60. The molecular weight excluding hydrogens is 324 g/mol. The average molecular weight is 346 g/mol. The lowest BCUT2D eigenvalue weighted by Gasteiger charge is -2.16. The highest BCUT2D eigenvalue weighted by molar-refractivity contribution is 6.06. The van der Waals surface area contributed by atoms with E-state index in [1.54, 1.807) is 12.4 Å². The first-order chi connectivity index (χ1) is 12.8. The SMILES string of the molecule is O=C(NC[C@H]1CCN(Cc2ccccn2)C1)c1cccc2cnccc12. The number of rotatable bonds is 5. The summed E-state index contributed by atoms with van der Waals surface area (Å²) in [6.45, 7) is 3.63. The number of amides is 1. The summed E-state index contributed by atoms with van der Waals surface area (Å²) in [6.07, 6.45) is 6.46. The molecule has 1 saturated heterocycles. The summed E-state index contributed by atoms with van der Waals surface area (Å²) in [5, 5.41) is 5.05. The predicted molar refractivity (Wildman–Crippen MR) is 102 cm³/mol. The number of likely N-dealkylation sites (tertiary alicyclic amines) is 1. The van der Waals surface area contributed by atoms with Crippen LogP contribution in [0.1, 0.15) is 22.5 Å². The van der Waals surface area contributed by atoms with E-state index in [9.17, 15) is 4.79 Å². The van der Waals surface area contributed by atoms with Gasteiger partial charge >= 0.3 is 0 Å². The Labute approximate surface area is 153 Å². The van der Waals surface area contributed by atoms with Gasteiger partial charge in [-0.25, -0.2) is 0 Å². The van der Waals surface area contributed by atoms with Crippen LogP contribution < -0.4 is 5.32 Å². The van der Waals surface area contributed by atoms with Crippen molar-refractivity contribution >= 4 is 16.7 Å². The second-order valence-electron chi connectivity index (χ2n) is 6.82. The molecule has 5 nitrogen and oxygen atoms in total. The minimum absolute atomic E-state index is 0.00928. The van der Waals surface area contributed by atoms with E-state index in [1.807, 2.05) is 42.6 Å². The van der Waals surface area contributed by atoms with Crippen molar-refractivity contribution in [3.05, 3.63) is 72.3 Å². The number of hydrogen-bond donors (Lipinski definition) is 1. The molecule has 4 rings (SSSR count). The number of nitrogens with zero attached hydrogens (tertiary/aromatic N) is 3. The number of hydrogen-bond acceptors (Lipinski definition) is 4. The fraction of sp³-hybridized carbons (Fsp3) is 0.286. The van der Waals surface area contributed by atoms with E-state index in [2.05, 4.69) is 26.3 Å². The van der Waals surface area contributed by atoms with Crippen molar-refractivity contribution in [2.75, 3.05) is 19.6 Å². The van der Waals surface area contributed by atoms with Crippen LogP contribution in [0.4, 0.5) is 0 Å². The molecule has 3 aromatic rings. The Balaban J connectivity index is 1.33. The number of carbonyl (C=O) groups excluding carboxylic acids is 1. The summed E-state index contributed by atoms with van der Waals surface area (Å²) in [4.78, 5) is 23.6. The van der Waals surface area contributed by atoms with Gasteiger partial charge in [-0.2, -0.15) is 0 Å². The molecule has 3 heterocycles. The summed E-state index contributed by atoms with van der Waals surface area (Å²) in [7, 11) is 0. The standard InChI is InChI=1S/C21H22N4O/c26-21(20-6-3-4-17-13-22-10-7-19(17)20)24-12-16-8-11-25(14-16)15-18-5-1-2-9-23-18/h1-7,9-10,13,16H,8,11-12,14-15H2,(H,24,26)/t16-/m1/s1. The van der Waals surface area contributed by atoms with Crippen molar-refractivity contribution in [1.82, 2.24) is 20.2 Å². The fourth-order valence-electron chi connectivity index (χ4n) is 3.60. The van der Waals surface area contributed by atoms with Crippen molar-refractivity contribution in [2.45, 2.75) is 13.0 Å². The average Bonchev–Trinajstić information content (AvgIpc) is 3.14. The van der Waals surface area contributed by atoms with Gasteiger partial charge < -0.3 is 5.32 Å². The molecule has 0 saturated carbocycles. The lowest BCUT2D eigenvalue weighted by Crippen LogP contribution is -2.31. The summed E-state index contributed by atoms with van der Waals surface area (Å²) in [5.41, 5.74) is 1.81. The van der Waals surface area contributed by atoms with E-state index >= 15 is 0 Å². The predicted octanol–water partition coefficient (Wildman–Crippen LogP) is 2.88. The molecule has 1 atom stereocenters. The summed E-state index contributed by atoms with van der Waals surface area (Å²) < 4.78 is 0. The van der Waals surface area contributed by atoms with Crippen molar-refractivity contribution in [3.63, 3.8) is 0 Å². The molecule has 2 aromatic heterocycles. The van der Waals surface area contributed by atoms with Gasteiger partial charge in [-0.3, -0.25) is 19.7 Å². The Morgan fingerprint density at radius 3 is 3.00 bits per heavy atom. The van der Waals surface area contributed by atoms with Crippen LogP contribution in [-0.4, -0.2) is 40.4 Å². The number of carbonyl (C=O) groups is 1. The molecule has 0 spiro atoms. The van der Waals surface area contributed by atoms with Crippen molar-refractivity contribution in [1.29, 1.82) is 0 Å². The first kappa shape index (κ1) is 16.7. The van der Waals surface area contributed by atoms with Crippen LogP contribution in [0.5, 0.6) is 0 Å². The molecule has 1 fully saturated rings. The van der Waals surface area contributed by atoms with E-state index in [-0.39, 0.29) is 5.91 Å². The Morgan fingerprint density at radius 2 is 2.12 bits per heavy atom. The van der Waals surface area contributed by atoms with Gasteiger partial charge in [0.15, 0.2) is 0 Å². The minimum Gasteiger partial charge on any atom is -0.352 e. The lowest BCUT2D eigenvalue weighted by atomic mass is 10.1. The molecule has 0 bridgehead atoms. The van der Waals surface area contributed by atoms with E-state index < -0.39 is 0 Å². The lowest BCUT2D eigenvalue weighted by molar-refractivity contribution is 0.0949. The second-order valence-corrected chi connectivity index (χ2v) is 6.82. The molecule has 5 heteroatoms. The normalized spacial score (nSPS) is 17.5.